The molecule has 24 heavy (non-hydrogen) atoms. The second kappa shape index (κ2) is 8.76. The van der Waals surface area contributed by atoms with Gasteiger partial charge in [0.15, 0.2) is 11.5 Å². The lowest BCUT2D eigenvalue weighted by Gasteiger charge is -2.20. The van der Waals surface area contributed by atoms with Gasteiger partial charge in [-0.25, -0.2) is 0 Å². The van der Waals surface area contributed by atoms with Crippen molar-refractivity contribution in [2.75, 3.05) is 31.6 Å². The van der Waals surface area contributed by atoms with E-state index in [1.807, 2.05) is 19.9 Å². The third-order valence-electron chi connectivity index (χ3n) is 3.40. The largest absolute Gasteiger partial charge is 0.486 e. The lowest BCUT2D eigenvalue weighted by atomic mass is 10.2. The molecule has 2 rings (SSSR count). The first-order chi connectivity index (χ1) is 11.6. The van der Waals surface area contributed by atoms with Crippen molar-refractivity contribution >= 4 is 17.5 Å². The van der Waals surface area contributed by atoms with Crippen LogP contribution in [0.4, 0.5) is 5.69 Å². The Morgan fingerprint density at radius 2 is 1.96 bits per heavy atom. The van der Waals surface area contributed by atoms with E-state index in [9.17, 15) is 9.59 Å². The predicted molar refractivity (Wildman–Crippen MR) is 92.3 cm³/mol. The summed E-state index contributed by atoms with van der Waals surface area (Å²) in [6.45, 7) is 5.15. The van der Waals surface area contributed by atoms with Crippen LogP contribution in [-0.2, 0) is 9.59 Å². The fraction of sp³-hybridized carbons (Fsp3) is 0.333. The summed E-state index contributed by atoms with van der Waals surface area (Å²) >= 11 is 0. The van der Waals surface area contributed by atoms with E-state index in [-0.39, 0.29) is 18.4 Å². The van der Waals surface area contributed by atoms with Gasteiger partial charge in [0.1, 0.15) is 19.8 Å². The van der Waals surface area contributed by atoms with E-state index in [2.05, 4.69) is 5.32 Å². The Balaban J connectivity index is 1.95. The van der Waals surface area contributed by atoms with Crippen LogP contribution in [0.2, 0.25) is 0 Å². The van der Waals surface area contributed by atoms with Crippen molar-refractivity contribution in [2.45, 2.75) is 13.8 Å². The summed E-state index contributed by atoms with van der Waals surface area (Å²) in [5.41, 5.74) is 0.609. The van der Waals surface area contributed by atoms with Gasteiger partial charge in [-0.3, -0.25) is 9.59 Å². The summed E-state index contributed by atoms with van der Waals surface area (Å²) in [5.74, 6) is 0.810. The Morgan fingerprint density at radius 3 is 2.67 bits per heavy atom. The third-order valence-corrected chi connectivity index (χ3v) is 3.40. The van der Waals surface area contributed by atoms with Gasteiger partial charge < -0.3 is 19.7 Å². The molecule has 1 N–H and O–H groups in total. The number of likely N-dealkylation sites (N-methyl/N-ethyl adjacent to an activating group) is 1. The van der Waals surface area contributed by atoms with Gasteiger partial charge in [-0.05, 0) is 26.0 Å². The molecular formula is C18H22N2O4. The maximum absolute atomic E-state index is 12.2. The van der Waals surface area contributed by atoms with Gasteiger partial charge >= 0.3 is 0 Å². The van der Waals surface area contributed by atoms with Crippen molar-refractivity contribution in [3.05, 3.63) is 42.5 Å². The molecule has 0 fully saturated rings. The molecule has 6 nitrogen and oxygen atoms in total. The summed E-state index contributed by atoms with van der Waals surface area (Å²) in [5, 5.41) is 2.77. The Hall–Kier alpha value is -2.76. The number of hydrogen-bond acceptors (Lipinski definition) is 4. The van der Waals surface area contributed by atoms with Crippen LogP contribution in [0.25, 0.3) is 0 Å². The Kier molecular flexibility index (Phi) is 6.42. The maximum atomic E-state index is 12.2. The standard InChI is InChI=1S/C18H22N2O4/c1-3-5-6-7-18(22)20(4-2)13-17(21)19-14-8-9-15-16(12-14)24-11-10-23-15/h3,5-9,12H,4,10-11,13H2,1-2H3,(H,19,21)/b5-3+,7-6+. The smallest absolute Gasteiger partial charge is 0.247 e. The molecule has 6 heteroatoms. The highest BCUT2D eigenvalue weighted by atomic mass is 16.6. The molecule has 0 atom stereocenters. The number of rotatable bonds is 6. The highest BCUT2D eigenvalue weighted by Crippen LogP contribution is 2.32. The van der Waals surface area contributed by atoms with Gasteiger partial charge in [0.2, 0.25) is 11.8 Å². The molecule has 0 spiro atoms. The normalized spacial score (nSPS) is 13.2. The van der Waals surface area contributed by atoms with Crippen molar-refractivity contribution in [1.29, 1.82) is 0 Å². The summed E-state index contributed by atoms with van der Waals surface area (Å²) in [4.78, 5) is 25.7. The molecule has 1 aromatic rings. The molecule has 1 aromatic carbocycles. The van der Waals surface area contributed by atoms with Crippen LogP contribution in [0.3, 0.4) is 0 Å². The van der Waals surface area contributed by atoms with Gasteiger partial charge in [-0.1, -0.05) is 18.2 Å². The molecular weight excluding hydrogens is 308 g/mol. The van der Waals surface area contributed by atoms with Crippen molar-refractivity contribution in [3.63, 3.8) is 0 Å². The number of fused-ring (bicyclic) bond motifs is 1. The number of allylic oxidation sites excluding steroid dienone is 3. The Labute approximate surface area is 141 Å². The molecule has 0 saturated heterocycles. The number of nitrogens with zero attached hydrogens (tertiary/aromatic N) is 1. The summed E-state index contributed by atoms with van der Waals surface area (Å²) in [6, 6.07) is 5.22. The summed E-state index contributed by atoms with van der Waals surface area (Å²) < 4.78 is 10.9. The molecule has 1 aliphatic rings. The minimum Gasteiger partial charge on any atom is -0.486 e. The zero-order valence-electron chi connectivity index (χ0n) is 14.0. The van der Waals surface area contributed by atoms with E-state index in [1.165, 1.54) is 11.0 Å². The zero-order chi connectivity index (χ0) is 17.4. The molecule has 0 bridgehead atoms. The van der Waals surface area contributed by atoms with Gasteiger partial charge in [0.25, 0.3) is 0 Å². The second-order valence-electron chi connectivity index (χ2n) is 5.14. The fourth-order valence-electron chi connectivity index (χ4n) is 2.19. The highest BCUT2D eigenvalue weighted by Gasteiger charge is 2.15. The summed E-state index contributed by atoms with van der Waals surface area (Å²) in [6.07, 6.45) is 6.69. The first-order valence-electron chi connectivity index (χ1n) is 7.91. The van der Waals surface area contributed by atoms with Gasteiger partial charge in [0.05, 0.1) is 0 Å². The molecule has 0 saturated carbocycles. The molecule has 128 valence electrons. The molecule has 0 unspecified atom stereocenters. The maximum Gasteiger partial charge on any atom is 0.247 e. The monoisotopic (exact) mass is 330 g/mol. The van der Waals surface area contributed by atoms with Gasteiger partial charge in [-0.2, -0.15) is 0 Å². The number of carbonyl (C=O) groups excluding carboxylic acids is 2. The van der Waals surface area contributed by atoms with E-state index in [4.69, 9.17) is 9.47 Å². The predicted octanol–water partition coefficient (Wildman–Crippen LogP) is 2.38. The first-order valence-corrected chi connectivity index (χ1v) is 7.91. The van der Waals surface area contributed by atoms with Crippen LogP contribution in [0.1, 0.15) is 13.8 Å². The molecule has 0 aliphatic carbocycles. The number of hydrogen-bond donors (Lipinski definition) is 1. The minimum absolute atomic E-state index is 0.00997. The van der Waals surface area contributed by atoms with E-state index < -0.39 is 0 Å². The van der Waals surface area contributed by atoms with Crippen molar-refractivity contribution in [3.8, 4) is 11.5 Å². The SMILES string of the molecule is C/C=C/C=C/C(=O)N(CC)CC(=O)Nc1ccc2c(c1)OCCO2. The molecule has 2 amide bonds. The molecule has 1 heterocycles. The average molecular weight is 330 g/mol. The molecule has 0 aromatic heterocycles. The van der Waals surface area contributed by atoms with Crippen molar-refractivity contribution in [1.82, 2.24) is 4.90 Å². The Bertz CT molecular complexity index is 652. The van der Waals surface area contributed by atoms with Crippen molar-refractivity contribution < 1.29 is 19.1 Å². The second-order valence-corrected chi connectivity index (χ2v) is 5.14. The first kappa shape index (κ1) is 17.6. The van der Waals surface area contributed by atoms with Crippen LogP contribution in [0, 0.1) is 0 Å². The van der Waals surface area contributed by atoms with E-state index >= 15 is 0 Å². The fourth-order valence-corrected chi connectivity index (χ4v) is 2.19. The minimum atomic E-state index is -0.263. The summed E-state index contributed by atoms with van der Waals surface area (Å²) in [7, 11) is 0. The zero-order valence-corrected chi connectivity index (χ0v) is 14.0. The average Bonchev–Trinajstić information content (AvgIpc) is 2.59. The van der Waals surface area contributed by atoms with Crippen LogP contribution in [0.5, 0.6) is 11.5 Å². The van der Waals surface area contributed by atoms with E-state index in [1.54, 1.807) is 30.4 Å². The number of amides is 2. The van der Waals surface area contributed by atoms with E-state index in [0.29, 0.717) is 36.9 Å². The lowest BCUT2D eigenvalue weighted by Crippen LogP contribution is -2.36. The van der Waals surface area contributed by atoms with Crippen LogP contribution in [0.15, 0.2) is 42.5 Å². The Morgan fingerprint density at radius 1 is 1.21 bits per heavy atom. The number of ether oxygens (including phenoxy) is 2. The highest BCUT2D eigenvalue weighted by molar-refractivity contribution is 5.96. The quantitative estimate of drug-likeness (QED) is 0.642. The van der Waals surface area contributed by atoms with Crippen LogP contribution < -0.4 is 14.8 Å². The van der Waals surface area contributed by atoms with Gasteiger partial charge in [0, 0.05) is 24.4 Å². The van der Waals surface area contributed by atoms with Gasteiger partial charge in [-0.15, -0.1) is 0 Å². The lowest BCUT2D eigenvalue weighted by molar-refractivity contribution is -0.130. The third kappa shape index (κ3) is 4.87. The molecule has 0 radical (unpaired) electrons. The van der Waals surface area contributed by atoms with E-state index in [0.717, 1.165) is 0 Å². The number of nitrogens with one attached hydrogen (secondary N) is 1. The number of anilines is 1. The topological polar surface area (TPSA) is 67.9 Å². The van der Waals surface area contributed by atoms with Crippen molar-refractivity contribution in [2.24, 2.45) is 0 Å². The number of benzene rings is 1. The molecule has 1 aliphatic heterocycles. The van der Waals surface area contributed by atoms with Crippen LogP contribution in [-0.4, -0.2) is 43.0 Å². The van der Waals surface area contributed by atoms with Crippen LogP contribution >= 0.6 is 0 Å². The number of carbonyl (C=O) groups is 2.